The van der Waals surface area contributed by atoms with E-state index in [1.54, 1.807) is 6.20 Å². The van der Waals surface area contributed by atoms with E-state index in [0.29, 0.717) is 18.0 Å². The first-order valence-electron chi connectivity index (χ1n) is 11.1. The smallest absolute Gasteiger partial charge is 0.240 e. The van der Waals surface area contributed by atoms with Gasteiger partial charge in [-0.3, -0.25) is 20.4 Å². The van der Waals surface area contributed by atoms with Crippen molar-refractivity contribution >= 4 is 5.91 Å². The molecule has 1 saturated carbocycles. The van der Waals surface area contributed by atoms with Crippen LogP contribution in [0.15, 0.2) is 24.4 Å². The first kappa shape index (κ1) is 22.2. The number of carbonyl (C=O) groups is 1. The molecule has 5 atom stereocenters. The number of aromatic nitrogens is 1. The number of aliphatic hydroxyl groups is 2. The molecule has 29 heavy (non-hydrogen) atoms. The number of nitrogens with zero attached hydrogens (tertiary/aromatic N) is 1. The summed E-state index contributed by atoms with van der Waals surface area (Å²) in [5.74, 6) is 0.376. The van der Waals surface area contributed by atoms with Crippen molar-refractivity contribution in [1.29, 1.82) is 0 Å². The van der Waals surface area contributed by atoms with Crippen LogP contribution in [0.3, 0.4) is 0 Å². The molecule has 1 saturated heterocycles. The maximum Gasteiger partial charge on any atom is 0.240 e. The predicted octanol–water partition coefficient (Wildman–Crippen LogP) is 1.75. The Morgan fingerprint density at radius 2 is 2.03 bits per heavy atom. The number of amides is 1. The maximum atomic E-state index is 13.0. The fourth-order valence-electron chi connectivity index (χ4n) is 4.86. The van der Waals surface area contributed by atoms with Crippen molar-refractivity contribution in [3.63, 3.8) is 0 Å². The van der Waals surface area contributed by atoms with Crippen LogP contribution in [0.1, 0.15) is 70.9 Å². The normalized spacial score (nSPS) is 31.9. The molecular weight excluding hydrogens is 368 g/mol. The van der Waals surface area contributed by atoms with Crippen molar-refractivity contribution < 1.29 is 15.0 Å². The van der Waals surface area contributed by atoms with Gasteiger partial charge in [0.1, 0.15) is 24.0 Å². The predicted molar refractivity (Wildman–Crippen MR) is 112 cm³/mol. The molecule has 0 radical (unpaired) electrons. The van der Waals surface area contributed by atoms with Crippen LogP contribution in [0.5, 0.6) is 0 Å². The largest absolute Gasteiger partial charge is 0.387 e. The van der Waals surface area contributed by atoms with E-state index in [-0.39, 0.29) is 11.9 Å². The maximum absolute atomic E-state index is 13.0. The molecule has 162 valence electrons. The fourth-order valence-corrected chi connectivity index (χ4v) is 4.86. The molecule has 2 heterocycles. The summed E-state index contributed by atoms with van der Waals surface area (Å²) in [5.41, 5.74) is -0.177. The van der Waals surface area contributed by atoms with Gasteiger partial charge in [-0.2, -0.15) is 0 Å². The van der Waals surface area contributed by atoms with Crippen molar-refractivity contribution in [1.82, 2.24) is 20.9 Å². The first-order valence-corrected chi connectivity index (χ1v) is 11.1. The topological polar surface area (TPSA) is 107 Å². The third-order valence-corrected chi connectivity index (χ3v) is 6.27. The summed E-state index contributed by atoms with van der Waals surface area (Å²) in [6, 6.07) is 4.67. The highest BCUT2D eigenvalue weighted by molar-refractivity contribution is 5.83. The Kier molecular flexibility index (Phi) is 7.62. The van der Waals surface area contributed by atoms with Gasteiger partial charge in [-0.15, -0.1) is 0 Å². The minimum absolute atomic E-state index is 0.0297. The highest BCUT2D eigenvalue weighted by Gasteiger charge is 2.48. The second-order valence-corrected chi connectivity index (χ2v) is 8.72. The SMILES string of the molecule is CCCC1(c2ccccn2)NC(O)C(O)C(C(=O)N[C@H](C)CC2CCCCC2)N1. The van der Waals surface area contributed by atoms with Crippen molar-refractivity contribution in [2.24, 2.45) is 5.92 Å². The Labute approximate surface area is 173 Å². The van der Waals surface area contributed by atoms with Crippen LogP contribution in [0.25, 0.3) is 0 Å². The van der Waals surface area contributed by atoms with Gasteiger partial charge < -0.3 is 15.5 Å². The molecule has 2 aliphatic rings. The van der Waals surface area contributed by atoms with Gasteiger partial charge in [-0.1, -0.05) is 51.5 Å². The number of rotatable bonds is 7. The first-order chi connectivity index (χ1) is 13.9. The third kappa shape index (κ3) is 5.34. The van der Waals surface area contributed by atoms with Crippen LogP contribution >= 0.6 is 0 Å². The molecule has 3 rings (SSSR count). The Bertz CT molecular complexity index is 653. The highest BCUT2D eigenvalue weighted by Crippen LogP contribution is 2.29. The van der Waals surface area contributed by atoms with Crippen LogP contribution < -0.4 is 16.0 Å². The van der Waals surface area contributed by atoms with Crippen LogP contribution in [0.4, 0.5) is 0 Å². The average molecular weight is 405 g/mol. The lowest BCUT2D eigenvalue weighted by Gasteiger charge is -2.47. The molecular formula is C22H36N4O3. The van der Waals surface area contributed by atoms with E-state index in [2.05, 4.69) is 20.9 Å². The third-order valence-electron chi connectivity index (χ3n) is 6.27. The second kappa shape index (κ2) is 9.98. The van der Waals surface area contributed by atoms with Gasteiger partial charge in [0.25, 0.3) is 0 Å². The Hall–Kier alpha value is -1.54. The lowest BCUT2D eigenvalue weighted by atomic mass is 9.85. The van der Waals surface area contributed by atoms with E-state index in [1.807, 2.05) is 32.0 Å². The number of carbonyl (C=O) groups excluding carboxylic acids is 1. The molecule has 0 bridgehead atoms. The molecule has 4 unspecified atom stereocenters. The van der Waals surface area contributed by atoms with Crippen molar-refractivity contribution in [3.05, 3.63) is 30.1 Å². The highest BCUT2D eigenvalue weighted by atomic mass is 16.3. The quantitative estimate of drug-likeness (QED) is 0.474. The summed E-state index contributed by atoms with van der Waals surface area (Å²) >= 11 is 0. The number of hydrogen-bond donors (Lipinski definition) is 5. The number of nitrogens with one attached hydrogen (secondary N) is 3. The standard InChI is InChI=1S/C22H36N4O3/c1-3-12-22(17-11-7-8-13-23-17)25-18(19(27)21(29)26-22)20(28)24-15(2)14-16-9-5-4-6-10-16/h7-8,11,13,15-16,18-19,21,25-27,29H,3-6,9-10,12,14H2,1-2H3,(H,24,28)/t15-,18?,19?,21?,22?/m1/s1. The van der Waals surface area contributed by atoms with Crippen LogP contribution in [-0.4, -0.2) is 45.5 Å². The van der Waals surface area contributed by atoms with E-state index in [1.165, 1.54) is 32.1 Å². The number of aliphatic hydroxyl groups excluding tert-OH is 2. The molecule has 1 aliphatic carbocycles. The lowest BCUT2D eigenvalue weighted by molar-refractivity contribution is -0.140. The number of hydrogen-bond acceptors (Lipinski definition) is 6. The molecule has 7 nitrogen and oxygen atoms in total. The van der Waals surface area contributed by atoms with Crippen LogP contribution in [-0.2, 0) is 10.5 Å². The minimum atomic E-state index is -1.24. The van der Waals surface area contributed by atoms with Crippen LogP contribution in [0, 0.1) is 5.92 Å². The summed E-state index contributed by atoms with van der Waals surface area (Å²) in [5, 5.41) is 30.4. The molecule has 1 aromatic rings. The summed E-state index contributed by atoms with van der Waals surface area (Å²) in [6.45, 7) is 4.06. The van der Waals surface area contributed by atoms with Gasteiger partial charge in [0.2, 0.25) is 5.91 Å². The van der Waals surface area contributed by atoms with Gasteiger partial charge in [0.05, 0.1) is 5.69 Å². The van der Waals surface area contributed by atoms with Crippen molar-refractivity contribution in [3.8, 4) is 0 Å². The van der Waals surface area contributed by atoms with Gasteiger partial charge in [0.15, 0.2) is 0 Å². The van der Waals surface area contributed by atoms with E-state index >= 15 is 0 Å². The molecule has 7 heteroatoms. The Morgan fingerprint density at radius 3 is 2.69 bits per heavy atom. The van der Waals surface area contributed by atoms with E-state index < -0.39 is 24.0 Å². The zero-order valence-corrected chi connectivity index (χ0v) is 17.6. The van der Waals surface area contributed by atoms with Gasteiger partial charge >= 0.3 is 0 Å². The number of pyridine rings is 1. The van der Waals surface area contributed by atoms with Crippen molar-refractivity contribution in [2.75, 3.05) is 0 Å². The van der Waals surface area contributed by atoms with Gasteiger partial charge in [0, 0.05) is 12.2 Å². The Morgan fingerprint density at radius 1 is 1.28 bits per heavy atom. The fraction of sp³-hybridized carbons (Fsp3) is 0.727. The molecule has 1 aliphatic heterocycles. The Balaban J connectivity index is 1.71. The molecule has 1 amide bonds. The zero-order valence-electron chi connectivity index (χ0n) is 17.6. The second-order valence-electron chi connectivity index (χ2n) is 8.72. The summed E-state index contributed by atoms with van der Waals surface area (Å²) in [7, 11) is 0. The van der Waals surface area contributed by atoms with Gasteiger partial charge in [-0.05, 0) is 37.8 Å². The van der Waals surface area contributed by atoms with E-state index in [9.17, 15) is 15.0 Å². The summed E-state index contributed by atoms with van der Waals surface area (Å²) < 4.78 is 0. The summed E-state index contributed by atoms with van der Waals surface area (Å²) in [4.78, 5) is 17.5. The zero-order chi connectivity index (χ0) is 20.9. The van der Waals surface area contributed by atoms with Gasteiger partial charge in [-0.25, -0.2) is 0 Å². The van der Waals surface area contributed by atoms with E-state index in [4.69, 9.17) is 0 Å². The molecule has 2 fully saturated rings. The van der Waals surface area contributed by atoms with Crippen LogP contribution in [0.2, 0.25) is 0 Å². The molecule has 0 aromatic carbocycles. The lowest BCUT2D eigenvalue weighted by Crippen LogP contribution is -2.74. The molecule has 0 spiro atoms. The van der Waals surface area contributed by atoms with Crippen molar-refractivity contribution in [2.45, 2.75) is 95.3 Å². The van der Waals surface area contributed by atoms with E-state index in [0.717, 1.165) is 12.8 Å². The summed E-state index contributed by atoms with van der Waals surface area (Å²) in [6.07, 6.45) is 7.92. The monoisotopic (exact) mass is 404 g/mol. The molecule has 1 aromatic heterocycles. The minimum Gasteiger partial charge on any atom is -0.387 e. The molecule has 5 N–H and O–H groups in total. The average Bonchev–Trinajstić information content (AvgIpc) is 2.72.